The molecule has 4 heteroatoms. The van der Waals surface area contributed by atoms with E-state index in [1.807, 2.05) is 13.0 Å². The van der Waals surface area contributed by atoms with E-state index in [0.717, 1.165) is 10.1 Å². The molecule has 0 aromatic rings. The monoisotopic (exact) mass is 217 g/mol. The Bertz CT molecular complexity index is 202. The number of aliphatic imine (C=N–C) groups is 1. The fourth-order valence-electron chi connectivity index (χ4n) is 0.529. The first-order valence-corrected chi connectivity index (χ1v) is 3.88. The molecule has 0 amide bonds. The van der Waals surface area contributed by atoms with E-state index in [2.05, 4.69) is 27.5 Å². The predicted molar refractivity (Wildman–Crippen MR) is 52.5 cm³/mol. The van der Waals surface area contributed by atoms with E-state index in [1.54, 1.807) is 0 Å². The second kappa shape index (κ2) is 4.96. The molecule has 3 nitrogen and oxygen atoms in total. The molecule has 62 valence electrons. The van der Waals surface area contributed by atoms with Crippen molar-refractivity contribution < 1.29 is 0 Å². The molecule has 11 heavy (non-hydrogen) atoms. The average molecular weight is 218 g/mol. The molecule has 0 atom stereocenters. The van der Waals surface area contributed by atoms with Crippen molar-refractivity contribution in [1.82, 2.24) is 0 Å². The fourth-order valence-corrected chi connectivity index (χ4v) is 0.920. The van der Waals surface area contributed by atoms with E-state index in [4.69, 9.17) is 11.5 Å². The van der Waals surface area contributed by atoms with Crippen LogP contribution in [0.5, 0.6) is 0 Å². The lowest BCUT2D eigenvalue weighted by atomic mass is 10.3. The first-order chi connectivity index (χ1) is 5.02. The molecule has 0 rings (SSSR count). The van der Waals surface area contributed by atoms with Gasteiger partial charge in [-0.05, 0) is 13.0 Å². The van der Waals surface area contributed by atoms with Crippen molar-refractivity contribution in [3.63, 3.8) is 0 Å². The van der Waals surface area contributed by atoms with Crippen LogP contribution < -0.4 is 11.5 Å². The second-order valence-corrected chi connectivity index (χ2v) is 3.20. The SMILES string of the molecule is C=C(Br)C=C(C)CN=C(N)N. The van der Waals surface area contributed by atoms with Gasteiger partial charge in [-0.1, -0.05) is 28.1 Å². The van der Waals surface area contributed by atoms with Gasteiger partial charge in [-0.15, -0.1) is 0 Å². The second-order valence-electron chi connectivity index (χ2n) is 2.18. The van der Waals surface area contributed by atoms with Crippen molar-refractivity contribution in [2.45, 2.75) is 6.92 Å². The van der Waals surface area contributed by atoms with Crippen LogP contribution in [-0.4, -0.2) is 12.5 Å². The van der Waals surface area contributed by atoms with Crippen molar-refractivity contribution in [1.29, 1.82) is 0 Å². The molecule has 0 saturated heterocycles. The molecule has 0 fully saturated rings. The Morgan fingerprint density at radius 3 is 2.55 bits per heavy atom. The number of nitrogens with zero attached hydrogens (tertiary/aromatic N) is 1. The summed E-state index contributed by atoms with van der Waals surface area (Å²) in [5, 5.41) is 0. The molecule has 0 aliphatic rings. The van der Waals surface area contributed by atoms with E-state index in [0.29, 0.717) is 6.54 Å². The molecular formula is C7H12BrN3. The van der Waals surface area contributed by atoms with Crippen LogP contribution in [0.15, 0.2) is 27.7 Å². The number of hydrogen-bond donors (Lipinski definition) is 2. The molecule has 0 heterocycles. The molecule has 0 bridgehead atoms. The van der Waals surface area contributed by atoms with Crippen molar-refractivity contribution in [3.05, 3.63) is 22.7 Å². The Morgan fingerprint density at radius 2 is 2.18 bits per heavy atom. The predicted octanol–water partition coefficient (Wildman–Crippen LogP) is 1.11. The number of halogens is 1. The van der Waals surface area contributed by atoms with Crippen molar-refractivity contribution in [2.24, 2.45) is 16.5 Å². The molecule has 0 saturated carbocycles. The highest BCUT2D eigenvalue weighted by atomic mass is 79.9. The van der Waals surface area contributed by atoms with E-state index in [-0.39, 0.29) is 5.96 Å². The fraction of sp³-hybridized carbons (Fsp3) is 0.286. The van der Waals surface area contributed by atoms with Gasteiger partial charge >= 0.3 is 0 Å². The minimum atomic E-state index is 0.109. The summed E-state index contributed by atoms with van der Waals surface area (Å²) >= 11 is 3.20. The van der Waals surface area contributed by atoms with Gasteiger partial charge in [0.15, 0.2) is 5.96 Å². The smallest absolute Gasteiger partial charge is 0.186 e. The summed E-state index contributed by atoms with van der Waals surface area (Å²) in [6.07, 6.45) is 1.87. The van der Waals surface area contributed by atoms with E-state index in [9.17, 15) is 0 Å². The largest absolute Gasteiger partial charge is 0.370 e. The van der Waals surface area contributed by atoms with Crippen molar-refractivity contribution in [2.75, 3.05) is 6.54 Å². The number of nitrogens with two attached hydrogens (primary N) is 2. The maximum Gasteiger partial charge on any atom is 0.186 e. The van der Waals surface area contributed by atoms with Crippen LogP contribution in [0, 0.1) is 0 Å². The number of rotatable bonds is 3. The third kappa shape index (κ3) is 7.12. The highest BCUT2D eigenvalue weighted by Crippen LogP contribution is 2.06. The molecule has 0 radical (unpaired) electrons. The van der Waals surface area contributed by atoms with Crippen LogP contribution in [-0.2, 0) is 0 Å². The topological polar surface area (TPSA) is 64.4 Å². The summed E-state index contributed by atoms with van der Waals surface area (Å²) in [4.78, 5) is 3.82. The molecule has 0 spiro atoms. The normalized spacial score (nSPS) is 10.9. The maximum absolute atomic E-state index is 5.14. The van der Waals surface area contributed by atoms with Gasteiger partial charge in [-0.25, -0.2) is 4.99 Å². The third-order valence-corrected chi connectivity index (χ3v) is 1.14. The van der Waals surface area contributed by atoms with E-state index in [1.165, 1.54) is 0 Å². The lowest BCUT2D eigenvalue weighted by molar-refractivity contribution is 1.12. The van der Waals surface area contributed by atoms with E-state index >= 15 is 0 Å². The Labute approximate surface area is 75.0 Å². The lowest BCUT2D eigenvalue weighted by Crippen LogP contribution is -2.23. The Balaban J connectivity index is 3.97. The minimum Gasteiger partial charge on any atom is -0.370 e. The van der Waals surface area contributed by atoms with Crippen LogP contribution in [0.4, 0.5) is 0 Å². The summed E-state index contributed by atoms with van der Waals surface area (Å²) in [6, 6.07) is 0. The van der Waals surface area contributed by atoms with Crippen LogP contribution in [0.3, 0.4) is 0 Å². The van der Waals surface area contributed by atoms with Gasteiger partial charge in [-0.3, -0.25) is 0 Å². The maximum atomic E-state index is 5.14. The summed E-state index contributed by atoms with van der Waals surface area (Å²) in [7, 11) is 0. The van der Waals surface area contributed by atoms with Crippen LogP contribution in [0.25, 0.3) is 0 Å². The lowest BCUT2D eigenvalue weighted by Gasteiger charge is -1.95. The standard InChI is InChI=1S/C7H12BrN3/c1-5(3-6(2)8)4-11-7(9)10/h3H,2,4H2,1H3,(H4,9,10,11). The molecule has 4 N–H and O–H groups in total. The number of guanidine groups is 1. The first-order valence-electron chi connectivity index (χ1n) is 3.09. The van der Waals surface area contributed by atoms with Crippen molar-refractivity contribution >= 4 is 21.9 Å². The zero-order valence-corrected chi connectivity index (χ0v) is 8.06. The summed E-state index contributed by atoms with van der Waals surface area (Å²) in [5.41, 5.74) is 11.3. The Hall–Kier alpha value is -0.770. The van der Waals surface area contributed by atoms with Gasteiger partial charge in [0, 0.05) is 4.48 Å². The third-order valence-electron chi connectivity index (χ3n) is 0.914. The Morgan fingerprint density at radius 1 is 1.64 bits per heavy atom. The molecule has 0 aliphatic heterocycles. The van der Waals surface area contributed by atoms with Crippen molar-refractivity contribution in [3.8, 4) is 0 Å². The van der Waals surface area contributed by atoms with Gasteiger partial charge in [0.25, 0.3) is 0 Å². The molecule has 0 unspecified atom stereocenters. The molecular weight excluding hydrogens is 206 g/mol. The van der Waals surface area contributed by atoms with Gasteiger partial charge < -0.3 is 11.5 Å². The summed E-state index contributed by atoms with van der Waals surface area (Å²) in [6.45, 7) is 6.10. The Kier molecular flexibility index (Phi) is 4.61. The van der Waals surface area contributed by atoms with Gasteiger partial charge in [0.2, 0.25) is 0 Å². The quantitative estimate of drug-likeness (QED) is 0.423. The van der Waals surface area contributed by atoms with Crippen LogP contribution >= 0.6 is 15.9 Å². The van der Waals surface area contributed by atoms with Gasteiger partial charge in [0.05, 0.1) is 6.54 Å². The summed E-state index contributed by atoms with van der Waals surface area (Å²) in [5.74, 6) is 0.109. The number of allylic oxidation sites excluding steroid dienone is 2. The zero-order chi connectivity index (χ0) is 8.85. The molecule has 0 aromatic carbocycles. The first kappa shape index (κ1) is 10.2. The van der Waals surface area contributed by atoms with E-state index < -0.39 is 0 Å². The van der Waals surface area contributed by atoms with Gasteiger partial charge in [0.1, 0.15) is 0 Å². The number of hydrogen-bond acceptors (Lipinski definition) is 1. The summed E-state index contributed by atoms with van der Waals surface area (Å²) < 4.78 is 0.820. The van der Waals surface area contributed by atoms with Gasteiger partial charge in [-0.2, -0.15) is 0 Å². The van der Waals surface area contributed by atoms with Crippen LogP contribution in [0.2, 0.25) is 0 Å². The highest BCUT2D eigenvalue weighted by molar-refractivity contribution is 9.11. The highest BCUT2D eigenvalue weighted by Gasteiger charge is 1.87. The molecule has 0 aromatic heterocycles. The zero-order valence-electron chi connectivity index (χ0n) is 6.47. The minimum absolute atomic E-state index is 0.109. The van der Waals surface area contributed by atoms with Crippen LogP contribution in [0.1, 0.15) is 6.92 Å². The average Bonchev–Trinajstić information content (AvgIpc) is 1.82. The molecule has 0 aliphatic carbocycles.